The Balaban J connectivity index is 2.12. The lowest BCUT2D eigenvalue weighted by molar-refractivity contribution is 0.264. The lowest BCUT2D eigenvalue weighted by Gasteiger charge is -2.23. The molecule has 1 aromatic heterocycles. The van der Waals surface area contributed by atoms with Crippen molar-refractivity contribution in [3.8, 4) is 5.75 Å². The molecule has 114 valence electrons. The zero-order valence-corrected chi connectivity index (χ0v) is 13.6. The highest BCUT2D eigenvalue weighted by molar-refractivity contribution is 5.41. The first kappa shape index (κ1) is 15.6. The third-order valence-corrected chi connectivity index (χ3v) is 3.40. The second kappa shape index (κ2) is 6.35. The summed E-state index contributed by atoms with van der Waals surface area (Å²) >= 11 is 0. The lowest BCUT2D eigenvalue weighted by atomic mass is 9.85. The standard InChI is InChI=1S/C18H25NO2/c1-13-6-7-17(16(8-13)18(2,3)4)21-12-15-9-14(10-19-5)11-20-15/h6-9,11,19H,10,12H2,1-5H3. The first-order valence-electron chi connectivity index (χ1n) is 7.35. The van der Waals surface area contributed by atoms with Crippen LogP contribution in [0.1, 0.15) is 43.2 Å². The highest BCUT2D eigenvalue weighted by atomic mass is 16.5. The molecule has 0 fully saturated rings. The second-order valence-corrected chi connectivity index (χ2v) is 6.49. The van der Waals surface area contributed by atoms with Gasteiger partial charge in [-0.3, -0.25) is 0 Å². The quantitative estimate of drug-likeness (QED) is 0.895. The molecule has 0 radical (unpaired) electrons. The number of hydrogen-bond acceptors (Lipinski definition) is 3. The van der Waals surface area contributed by atoms with Crippen molar-refractivity contribution in [1.82, 2.24) is 5.32 Å². The number of hydrogen-bond donors (Lipinski definition) is 1. The van der Waals surface area contributed by atoms with Gasteiger partial charge >= 0.3 is 0 Å². The van der Waals surface area contributed by atoms with Crippen molar-refractivity contribution in [2.24, 2.45) is 0 Å². The first-order chi connectivity index (χ1) is 9.90. The molecule has 0 saturated carbocycles. The smallest absolute Gasteiger partial charge is 0.146 e. The monoisotopic (exact) mass is 287 g/mol. The number of rotatable bonds is 5. The maximum atomic E-state index is 5.98. The van der Waals surface area contributed by atoms with Crippen LogP contribution in [0.5, 0.6) is 5.75 Å². The minimum Gasteiger partial charge on any atom is -0.485 e. The van der Waals surface area contributed by atoms with Gasteiger partial charge < -0.3 is 14.5 Å². The zero-order chi connectivity index (χ0) is 15.5. The lowest BCUT2D eigenvalue weighted by Crippen LogP contribution is -2.13. The molecule has 3 heteroatoms. The van der Waals surface area contributed by atoms with Gasteiger partial charge in [0.25, 0.3) is 0 Å². The molecule has 0 amide bonds. The van der Waals surface area contributed by atoms with Crippen molar-refractivity contribution in [2.45, 2.75) is 46.3 Å². The van der Waals surface area contributed by atoms with Crippen LogP contribution in [0.2, 0.25) is 0 Å². The summed E-state index contributed by atoms with van der Waals surface area (Å²) in [5.41, 5.74) is 3.67. The molecule has 0 bridgehead atoms. The minimum atomic E-state index is 0.0573. The van der Waals surface area contributed by atoms with Crippen LogP contribution in [0, 0.1) is 6.92 Å². The molecule has 0 saturated heterocycles. The summed E-state index contributed by atoms with van der Waals surface area (Å²) in [5.74, 6) is 1.78. The Bertz CT molecular complexity index is 594. The predicted molar refractivity (Wildman–Crippen MR) is 85.7 cm³/mol. The molecular weight excluding hydrogens is 262 g/mol. The van der Waals surface area contributed by atoms with Crippen LogP contribution in [0.4, 0.5) is 0 Å². The van der Waals surface area contributed by atoms with E-state index in [1.807, 2.05) is 19.2 Å². The molecule has 0 unspecified atom stereocenters. The van der Waals surface area contributed by atoms with E-state index >= 15 is 0 Å². The first-order valence-corrected chi connectivity index (χ1v) is 7.35. The average Bonchev–Trinajstić information content (AvgIpc) is 2.84. The fourth-order valence-electron chi connectivity index (χ4n) is 2.30. The van der Waals surface area contributed by atoms with E-state index in [0.29, 0.717) is 6.61 Å². The maximum Gasteiger partial charge on any atom is 0.146 e. The SMILES string of the molecule is CNCc1coc(COc2ccc(C)cc2C(C)(C)C)c1. The molecule has 0 aliphatic carbocycles. The summed E-state index contributed by atoms with van der Waals surface area (Å²) < 4.78 is 11.5. The van der Waals surface area contributed by atoms with Crippen LogP contribution < -0.4 is 10.1 Å². The molecule has 2 aromatic rings. The van der Waals surface area contributed by atoms with E-state index in [2.05, 4.69) is 45.1 Å². The van der Waals surface area contributed by atoms with Crippen molar-refractivity contribution >= 4 is 0 Å². The van der Waals surface area contributed by atoms with Crippen LogP contribution in [-0.4, -0.2) is 7.05 Å². The van der Waals surface area contributed by atoms with E-state index in [4.69, 9.17) is 9.15 Å². The van der Waals surface area contributed by atoms with Crippen molar-refractivity contribution in [2.75, 3.05) is 7.05 Å². The Morgan fingerprint density at radius 1 is 1.19 bits per heavy atom. The van der Waals surface area contributed by atoms with Crippen molar-refractivity contribution < 1.29 is 9.15 Å². The van der Waals surface area contributed by atoms with Crippen LogP contribution in [0.15, 0.2) is 34.9 Å². The summed E-state index contributed by atoms with van der Waals surface area (Å²) in [7, 11) is 1.92. The highest BCUT2D eigenvalue weighted by Crippen LogP contribution is 2.32. The number of benzene rings is 1. The summed E-state index contributed by atoms with van der Waals surface area (Å²) in [6.07, 6.45) is 1.77. The fraction of sp³-hybridized carbons (Fsp3) is 0.444. The molecule has 1 aromatic carbocycles. The van der Waals surface area contributed by atoms with Crippen LogP contribution in [-0.2, 0) is 18.6 Å². The molecule has 1 heterocycles. The van der Waals surface area contributed by atoms with E-state index < -0.39 is 0 Å². The number of furan rings is 1. The highest BCUT2D eigenvalue weighted by Gasteiger charge is 2.19. The molecule has 3 nitrogen and oxygen atoms in total. The average molecular weight is 287 g/mol. The molecule has 2 rings (SSSR count). The minimum absolute atomic E-state index is 0.0573. The van der Waals surface area contributed by atoms with Gasteiger partial charge in [-0.2, -0.15) is 0 Å². The third kappa shape index (κ3) is 4.11. The Labute approximate surface area is 127 Å². The Kier molecular flexibility index (Phi) is 4.73. The van der Waals surface area contributed by atoms with E-state index in [1.54, 1.807) is 6.26 Å². The van der Waals surface area contributed by atoms with Gasteiger partial charge in [0.2, 0.25) is 0 Å². The van der Waals surface area contributed by atoms with Crippen molar-refractivity contribution in [1.29, 1.82) is 0 Å². The topological polar surface area (TPSA) is 34.4 Å². The predicted octanol–water partition coefficient (Wildman–Crippen LogP) is 4.18. The van der Waals surface area contributed by atoms with Gasteiger partial charge in [-0.25, -0.2) is 0 Å². The summed E-state index contributed by atoms with van der Waals surface area (Å²) in [5, 5.41) is 3.11. The summed E-state index contributed by atoms with van der Waals surface area (Å²) in [6.45, 7) is 9.97. The Hall–Kier alpha value is -1.74. The van der Waals surface area contributed by atoms with Crippen molar-refractivity contribution in [3.63, 3.8) is 0 Å². The van der Waals surface area contributed by atoms with E-state index in [9.17, 15) is 0 Å². The summed E-state index contributed by atoms with van der Waals surface area (Å²) in [6, 6.07) is 8.36. The van der Waals surface area contributed by atoms with Gasteiger partial charge in [0, 0.05) is 12.1 Å². The maximum absolute atomic E-state index is 5.98. The normalized spacial score (nSPS) is 11.7. The number of aryl methyl sites for hydroxylation is 1. The van der Waals surface area contributed by atoms with Gasteiger partial charge in [0.05, 0.1) is 6.26 Å². The largest absolute Gasteiger partial charge is 0.485 e. The van der Waals surface area contributed by atoms with Crippen LogP contribution >= 0.6 is 0 Å². The number of ether oxygens (including phenoxy) is 1. The van der Waals surface area contributed by atoms with E-state index in [0.717, 1.165) is 23.6 Å². The summed E-state index contributed by atoms with van der Waals surface area (Å²) in [4.78, 5) is 0. The Morgan fingerprint density at radius 3 is 2.62 bits per heavy atom. The van der Waals surface area contributed by atoms with Crippen LogP contribution in [0.3, 0.4) is 0 Å². The van der Waals surface area contributed by atoms with E-state index in [-0.39, 0.29) is 5.41 Å². The van der Waals surface area contributed by atoms with Gasteiger partial charge in [0.15, 0.2) is 0 Å². The number of nitrogens with one attached hydrogen (secondary N) is 1. The van der Waals surface area contributed by atoms with Crippen LogP contribution in [0.25, 0.3) is 0 Å². The van der Waals surface area contributed by atoms with Gasteiger partial charge in [-0.1, -0.05) is 38.5 Å². The van der Waals surface area contributed by atoms with Gasteiger partial charge in [-0.05, 0) is 37.1 Å². The molecule has 0 atom stereocenters. The molecule has 0 aliphatic rings. The molecule has 1 N–H and O–H groups in total. The zero-order valence-electron chi connectivity index (χ0n) is 13.6. The van der Waals surface area contributed by atoms with Gasteiger partial charge in [0.1, 0.15) is 18.1 Å². The molecule has 0 spiro atoms. The molecule has 0 aliphatic heterocycles. The molecular formula is C18H25NO2. The fourth-order valence-corrected chi connectivity index (χ4v) is 2.30. The molecule has 21 heavy (non-hydrogen) atoms. The Morgan fingerprint density at radius 2 is 1.95 bits per heavy atom. The van der Waals surface area contributed by atoms with Gasteiger partial charge in [-0.15, -0.1) is 0 Å². The van der Waals surface area contributed by atoms with Crippen molar-refractivity contribution in [3.05, 3.63) is 53.0 Å². The third-order valence-electron chi connectivity index (χ3n) is 3.40. The van der Waals surface area contributed by atoms with E-state index in [1.165, 1.54) is 11.1 Å². The second-order valence-electron chi connectivity index (χ2n) is 6.49.